The second-order valence-electron chi connectivity index (χ2n) is 10.6. The number of anilines is 1. The van der Waals surface area contributed by atoms with Crippen LogP contribution >= 0.6 is 0 Å². The zero-order chi connectivity index (χ0) is 33.9. The van der Waals surface area contributed by atoms with E-state index in [0.717, 1.165) is 9.87 Å². The maximum atomic E-state index is 14.3. The fraction of sp³-hybridized carbons (Fsp3) is 0.412. The number of methoxy groups -OCH3 is 3. The third kappa shape index (κ3) is 8.84. The van der Waals surface area contributed by atoms with Gasteiger partial charge in [0.2, 0.25) is 11.8 Å². The summed E-state index contributed by atoms with van der Waals surface area (Å²) >= 11 is 0. The number of rotatable bonds is 17. The van der Waals surface area contributed by atoms with Gasteiger partial charge in [0, 0.05) is 18.7 Å². The molecule has 12 heteroatoms. The Kier molecular flexibility index (Phi) is 13.1. The van der Waals surface area contributed by atoms with Gasteiger partial charge in [-0.15, -0.1) is 0 Å². The first-order chi connectivity index (χ1) is 22.0. The molecule has 11 nitrogen and oxygen atoms in total. The van der Waals surface area contributed by atoms with Crippen molar-refractivity contribution < 1.29 is 37.0 Å². The molecule has 250 valence electrons. The lowest BCUT2D eigenvalue weighted by Gasteiger charge is -2.33. The highest BCUT2D eigenvalue weighted by atomic mass is 32.2. The van der Waals surface area contributed by atoms with Crippen LogP contribution in [0.25, 0.3) is 0 Å². The van der Waals surface area contributed by atoms with Gasteiger partial charge in [-0.3, -0.25) is 13.9 Å². The van der Waals surface area contributed by atoms with Crippen molar-refractivity contribution in [1.29, 1.82) is 0 Å². The molecule has 0 heterocycles. The first-order valence-electron chi connectivity index (χ1n) is 15.2. The first-order valence-corrected chi connectivity index (χ1v) is 16.7. The largest absolute Gasteiger partial charge is 0.497 e. The minimum absolute atomic E-state index is 0.0722. The molecule has 3 aromatic rings. The van der Waals surface area contributed by atoms with Gasteiger partial charge in [-0.1, -0.05) is 26.0 Å². The van der Waals surface area contributed by atoms with Crippen molar-refractivity contribution in [2.24, 2.45) is 0 Å². The van der Waals surface area contributed by atoms with E-state index in [2.05, 4.69) is 5.32 Å². The van der Waals surface area contributed by atoms with Crippen LogP contribution < -0.4 is 28.6 Å². The zero-order valence-corrected chi connectivity index (χ0v) is 28.4. The molecule has 46 heavy (non-hydrogen) atoms. The summed E-state index contributed by atoms with van der Waals surface area (Å²) in [5.74, 6) is 0.902. The van der Waals surface area contributed by atoms with Crippen LogP contribution in [0.3, 0.4) is 0 Å². The highest BCUT2D eigenvalue weighted by Crippen LogP contribution is 2.33. The van der Waals surface area contributed by atoms with Crippen LogP contribution in [0.1, 0.15) is 46.1 Å². The molecule has 0 saturated carbocycles. The molecule has 0 unspecified atom stereocenters. The number of hydrogen-bond acceptors (Lipinski definition) is 8. The molecule has 1 N–H and O–H groups in total. The second-order valence-corrected chi connectivity index (χ2v) is 12.4. The predicted octanol–water partition coefficient (Wildman–Crippen LogP) is 5.03. The summed E-state index contributed by atoms with van der Waals surface area (Å²) in [5.41, 5.74) is 0.993. The average molecular weight is 656 g/mol. The maximum Gasteiger partial charge on any atom is 0.264 e. The van der Waals surface area contributed by atoms with Crippen molar-refractivity contribution >= 4 is 27.5 Å². The summed E-state index contributed by atoms with van der Waals surface area (Å²) in [6, 6.07) is 16.9. The lowest BCUT2D eigenvalue weighted by Crippen LogP contribution is -2.53. The van der Waals surface area contributed by atoms with Gasteiger partial charge in [0.15, 0.2) is 11.5 Å². The number of nitrogens with zero attached hydrogens (tertiary/aromatic N) is 2. The Morgan fingerprint density at radius 1 is 0.804 bits per heavy atom. The zero-order valence-electron chi connectivity index (χ0n) is 27.6. The third-order valence-electron chi connectivity index (χ3n) is 7.56. The molecule has 2 atom stereocenters. The molecular formula is C34H45N3O8S. The van der Waals surface area contributed by atoms with Gasteiger partial charge >= 0.3 is 0 Å². The Hall–Kier alpha value is -4.45. The highest BCUT2D eigenvalue weighted by Gasteiger charge is 2.34. The van der Waals surface area contributed by atoms with Gasteiger partial charge in [0.05, 0.1) is 38.5 Å². The van der Waals surface area contributed by atoms with E-state index in [0.29, 0.717) is 36.7 Å². The van der Waals surface area contributed by atoms with Gasteiger partial charge in [0.1, 0.15) is 24.1 Å². The van der Waals surface area contributed by atoms with Crippen molar-refractivity contribution in [3.63, 3.8) is 0 Å². The van der Waals surface area contributed by atoms with E-state index in [4.69, 9.17) is 18.9 Å². The van der Waals surface area contributed by atoms with Crippen molar-refractivity contribution in [1.82, 2.24) is 10.2 Å². The van der Waals surface area contributed by atoms with Crippen LogP contribution in [0, 0.1) is 0 Å². The van der Waals surface area contributed by atoms with Crippen LogP contribution in [-0.2, 0) is 26.2 Å². The summed E-state index contributed by atoms with van der Waals surface area (Å²) in [6.07, 6.45) is 1.03. The minimum atomic E-state index is -4.33. The van der Waals surface area contributed by atoms with Crippen molar-refractivity contribution in [3.8, 4) is 23.0 Å². The molecule has 2 amide bonds. The Morgan fingerprint density at radius 2 is 1.43 bits per heavy atom. The normalized spacial score (nSPS) is 12.4. The maximum absolute atomic E-state index is 14.3. The van der Waals surface area contributed by atoms with Gasteiger partial charge in [-0.25, -0.2) is 8.42 Å². The number of amides is 2. The molecule has 0 fully saturated rings. The topological polar surface area (TPSA) is 124 Å². The van der Waals surface area contributed by atoms with Crippen LogP contribution in [0.2, 0.25) is 0 Å². The SMILES string of the molecule is CCOc1ccc(N(CC(=O)N(Cc2ccc(OC)cc2)[C@H](CC)C(=O)N[C@H](C)CC)S(=O)(=O)c2ccc(OC)c(OC)c2)cc1. The van der Waals surface area contributed by atoms with E-state index in [1.165, 1.54) is 37.3 Å². The molecule has 3 aromatic carbocycles. The monoisotopic (exact) mass is 655 g/mol. The molecule has 0 spiro atoms. The number of carbonyl (C=O) groups is 2. The predicted molar refractivity (Wildman–Crippen MR) is 177 cm³/mol. The summed E-state index contributed by atoms with van der Waals surface area (Å²) in [6.45, 7) is 7.45. The number of carbonyl (C=O) groups excluding carboxylic acids is 2. The standard InChI is InChI=1S/C34H45N3O8S/c1-8-24(4)35-34(39)30(9-2)36(22-25-11-15-27(42-5)16-12-25)33(38)23-37(26-13-17-28(18-14-26)45-10-3)46(40,41)29-19-20-31(43-6)32(21-29)44-7/h11-21,24,30H,8-10,22-23H2,1-7H3,(H,35,39)/t24-,30-/m1/s1. The van der Waals surface area contributed by atoms with E-state index in [9.17, 15) is 18.0 Å². The molecule has 0 aliphatic rings. The van der Waals surface area contributed by atoms with E-state index in [1.54, 1.807) is 43.5 Å². The summed E-state index contributed by atoms with van der Waals surface area (Å²) in [5, 5.41) is 2.98. The smallest absolute Gasteiger partial charge is 0.264 e. The van der Waals surface area contributed by atoms with Gasteiger partial charge in [-0.05, 0) is 80.8 Å². The summed E-state index contributed by atoms with van der Waals surface area (Å²) in [7, 11) is 0.0959. The van der Waals surface area contributed by atoms with Gasteiger partial charge in [-0.2, -0.15) is 0 Å². The van der Waals surface area contributed by atoms with Gasteiger partial charge in [0.25, 0.3) is 10.0 Å². The number of benzene rings is 3. The molecule has 0 radical (unpaired) electrons. The summed E-state index contributed by atoms with van der Waals surface area (Å²) < 4.78 is 51.1. The number of ether oxygens (including phenoxy) is 4. The molecule has 0 aliphatic carbocycles. The van der Waals surface area contributed by atoms with Crippen molar-refractivity contribution in [2.75, 3.05) is 38.8 Å². The van der Waals surface area contributed by atoms with Crippen molar-refractivity contribution in [3.05, 3.63) is 72.3 Å². The van der Waals surface area contributed by atoms with Crippen LogP contribution in [-0.4, -0.2) is 71.7 Å². The van der Waals surface area contributed by atoms with E-state index >= 15 is 0 Å². The summed E-state index contributed by atoms with van der Waals surface area (Å²) in [4.78, 5) is 29.2. The first kappa shape index (κ1) is 36.0. The minimum Gasteiger partial charge on any atom is -0.497 e. The Labute approximate surface area is 272 Å². The molecule has 0 saturated heterocycles. The Bertz CT molecular complexity index is 1550. The van der Waals surface area contributed by atoms with E-state index in [1.807, 2.05) is 39.8 Å². The fourth-order valence-corrected chi connectivity index (χ4v) is 6.23. The Balaban J connectivity index is 2.11. The quantitative estimate of drug-likeness (QED) is 0.215. The number of sulfonamides is 1. The third-order valence-corrected chi connectivity index (χ3v) is 9.33. The number of nitrogens with one attached hydrogen (secondary N) is 1. The fourth-order valence-electron chi connectivity index (χ4n) is 4.80. The van der Waals surface area contributed by atoms with Crippen molar-refractivity contribution in [2.45, 2.75) is 64.1 Å². The van der Waals surface area contributed by atoms with E-state index in [-0.39, 0.29) is 34.8 Å². The van der Waals surface area contributed by atoms with Gasteiger partial charge < -0.3 is 29.2 Å². The average Bonchev–Trinajstić information content (AvgIpc) is 3.07. The lowest BCUT2D eigenvalue weighted by atomic mass is 10.1. The Morgan fingerprint density at radius 3 is 1.98 bits per heavy atom. The highest BCUT2D eigenvalue weighted by molar-refractivity contribution is 7.92. The second kappa shape index (κ2) is 16.7. The molecule has 0 aromatic heterocycles. The van der Waals surface area contributed by atoms with Crippen LogP contribution in [0.15, 0.2) is 71.6 Å². The number of hydrogen-bond donors (Lipinski definition) is 1. The lowest BCUT2D eigenvalue weighted by molar-refractivity contribution is -0.140. The van der Waals surface area contributed by atoms with Crippen LogP contribution in [0.5, 0.6) is 23.0 Å². The molecule has 0 aliphatic heterocycles. The van der Waals surface area contributed by atoms with Crippen LogP contribution in [0.4, 0.5) is 5.69 Å². The molecule has 0 bridgehead atoms. The van der Waals surface area contributed by atoms with E-state index < -0.39 is 28.5 Å². The molecular weight excluding hydrogens is 610 g/mol. The molecule has 3 rings (SSSR count).